The smallest absolute Gasteiger partial charge is 0.156 e. The Morgan fingerprint density at radius 3 is 2.86 bits per heavy atom. The van der Waals surface area contributed by atoms with E-state index in [2.05, 4.69) is 22.0 Å². The summed E-state index contributed by atoms with van der Waals surface area (Å²) in [4.78, 5) is 8.54. The number of anilines is 1. The van der Waals surface area contributed by atoms with Crippen molar-refractivity contribution in [3.8, 4) is 16.9 Å². The van der Waals surface area contributed by atoms with Crippen molar-refractivity contribution in [3.05, 3.63) is 54.7 Å². The summed E-state index contributed by atoms with van der Waals surface area (Å²) >= 11 is 0. The van der Waals surface area contributed by atoms with E-state index in [1.807, 2.05) is 42.7 Å². The van der Waals surface area contributed by atoms with Gasteiger partial charge in [-0.05, 0) is 24.1 Å². The third-order valence-electron chi connectivity index (χ3n) is 3.25. The highest BCUT2D eigenvalue weighted by Crippen LogP contribution is 2.21. The average Bonchev–Trinajstić information content (AvgIpc) is 2.98. The van der Waals surface area contributed by atoms with Crippen LogP contribution in [-0.2, 0) is 6.42 Å². The molecule has 0 bridgehead atoms. The Morgan fingerprint density at radius 1 is 1.14 bits per heavy atom. The van der Waals surface area contributed by atoms with Gasteiger partial charge in [0.05, 0.1) is 6.20 Å². The lowest BCUT2D eigenvalue weighted by atomic mass is 10.1. The van der Waals surface area contributed by atoms with Crippen LogP contribution in [0.1, 0.15) is 19.0 Å². The maximum Gasteiger partial charge on any atom is 0.156 e. The molecule has 21 heavy (non-hydrogen) atoms. The second-order valence-corrected chi connectivity index (χ2v) is 4.92. The lowest BCUT2D eigenvalue weighted by Crippen LogP contribution is -2.00. The number of nitrogen functional groups attached to an aromatic ring is 1. The van der Waals surface area contributed by atoms with Crippen LogP contribution in [0, 0.1) is 0 Å². The van der Waals surface area contributed by atoms with E-state index in [-0.39, 0.29) is 0 Å². The monoisotopic (exact) mass is 279 g/mol. The van der Waals surface area contributed by atoms with Crippen molar-refractivity contribution in [1.82, 2.24) is 19.7 Å². The molecule has 0 spiro atoms. The molecule has 0 radical (unpaired) electrons. The Morgan fingerprint density at radius 2 is 2.05 bits per heavy atom. The van der Waals surface area contributed by atoms with Crippen molar-refractivity contribution in [2.24, 2.45) is 0 Å². The van der Waals surface area contributed by atoms with Crippen LogP contribution in [-0.4, -0.2) is 19.7 Å². The van der Waals surface area contributed by atoms with E-state index in [1.165, 1.54) is 0 Å². The van der Waals surface area contributed by atoms with E-state index in [0.29, 0.717) is 0 Å². The molecule has 0 aliphatic carbocycles. The third kappa shape index (κ3) is 2.91. The van der Waals surface area contributed by atoms with Gasteiger partial charge in [-0.25, -0.2) is 14.6 Å². The second-order valence-electron chi connectivity index (χ2n) is 4.92. The number of benzene rings is 1. The van der Waals surface area contributed by atoms with Crippen molar-refractivity contribution in [2.75, 3.05) is 5.73 Å². The van der Waals surface area contributed by atoms with Crippen LogP contribution >= 0.6 is 0 Å². The van der Waals surface area contributed by atoms with Crippen molar-refractivity contribution >= 4 is 5.69 Å². The molecule has 0 saturated carbocycles. The molecule has 2 N–H and O–H groups in total. The van der Waals surface area contributed by atoms with Gasteiger partial charge >= 0.3 is 0 Å². The first-order chi connectivity index (χ1) is 10.3. The Kier molecular flexibility index (Phi) is 3.64. The van der Waals surface area contributed by atoms with Crippen molar-refractivity contribution in [2.45, 2.75) is 19.8 Å². The lowest BCUT2D eigenvalue weighted by Gasteiger charge is -2.02. The van der Waals surface area contributed by atoms with Crippen LogP contribution in [0.3, 0.4) is 0 Å². The molecule has 2 heterocycles. The lowest BCUT2D eigenvalue weighted by molar-refractivity contribution is 0.813. The van der Waals surface area contributed by atoms with Gasteiger partial charge in [0, 0.05) is 29.2 Å². The topological polar surface area (TPSA) is 69.6 Å². The van der Waals surface area contributed by atoms with E-state index in [1.54, 1.807) is 11.0 Å². The molecule has 0 amide bonds. The number of nitrogens with zero attached hydrogens (tertiary/aromatic N) is 4. The van der Waals surface area contributed by atoms with Gasteiger partial charge in [0.25, 0.3) is 0 Å². The number of hydrogen-bond donors (Lipinski definition) is 1. The molecule has 2 aromatic heterocycles. The second kappa shape index (κ2) is 5.75. The maximum atomic E-state index is 5.82. The summed E-state index contributed by atoms with van der Waals surface area (Å²) in [6.45, 7) is 2.13. The standard InChI is InChI=1S/C16H17N5/c1-2-4-15-8-16(19-11-18-15)21-10-13(9-20-21)12-5-3-6-14(17)7-12/h3,5-11H,2,4,17H2,1H3. The Balaban J connectivity index is 1.93. The van der Waals surface area contributed by atoms with Crippen LogP contribution in [0.15, 0.2) is 49.1 Å². The highest BCUT2D eigenvalue weighted by atomic mass is 15.3. The first kappa shape index (κ1) is 13.3. The van der Waals surface area contributed by atoms with Gasteiger partial charge in [0.15, 0.2) is 5.82 Å². The molecule has 3 aromatic rings. The normalized spacial score (nSPS) is 10.7. The highest BCUT2D eigenvalue weighted by Gasteiger charge is 2.06. The maximum absolute atomic E-state index is 5.82. The molecule has 1 aromatic carbocycles. The van der Waals surface area contributed by atoms with Gasteiger partial charge in [0.1, 0.15) is 6.33 Å². The van der Waals surface area contributed by atoms with Gasteiger partial charge in [-0.1, -0.05) is 25.5 Å². The predicted molar refractivity (Wildman–Crippen MR) is 83.0 cm³/mol. The van der Waals surface area contributed by atoms with Crippen molar-refractivity contribution in [3.63, 3.8) is 0 Å². The Labute approximate surface area is 123 Å². The molecular weight excluding hydrogens is 262 g/mol. The van der Waals surface area contributed by atoms with Gasteiger partial charge in [0.2, 0.25) is 0 Å². The van der Waals surface area contributed by atoms with E-state index >= 15 is 0 Å². The summed E-state index contributed by atoms with van der Waals surface area (Å²) in [6, 6.07) is 9.73. The third-order valence-corrected chi connectivity index (χ3v) is 3.25. The fourth-order valence-corrected chi connectivity index (χ4v) is 2.22. The van der Waals surface area contributed by atoms with Gasteiger partial charge < -0.3 is 5.73 Å². The molecule has 0 fully saturated rings. The fourth-order valence-electron chi connectivity index (χ4n) is 2.22. The van der Waals surface area contributed by atoms with E-state index in [4.69, 9.17) is 5.73 Å². The minimum atomic E-state index is 0.743. The zero-order valence-corrected chi connectivity index (χ0v) is 11.9. The van der Waals surface area contributed by atoms with Crippen LogP contribution in [0.25, 0.3) is 16.9 Å². The van der Waals surface area contributed by atoms with Gasteiger partial charge in [-0.15, -0.1) is 0 Å². The van der Waals surface area contributed by atoms with Crippen molar-refractivity contribution < 1.29 is 0 Å². The fraction of sp³-hybridized carbons (Fsp3) is 0.188. The zero-order valence-electron chi connectivity index (χ0n) is 11.9. The van der Waals surface area contributed by atoms with Gasteiger partial charge in [-0.2, -0.15) is 5.10 Å². The predicted octanol–water partition coefficient (Wildman–Crippen LogP) is 2.86. The Hall–Kier alpha value is -2.69. The first-order valence-corrected chi connectivity index (χ1v) is 6.98. The largest absolute Gasteiger partial charge is 0.399 e. The highest BCUT2D eigenvalue weighted by molar-refractivity contribution is 5.66. The SMILES string of the molecule is CCCc1cc(-n2cc(-c3cccc(N)c3)cn2)ncn1. The number of rotatable bonds is 4. The van der Waals surface area contributed by atoms with Crippen LogP contribution < -0.4 is 5.73 Å². The van der Waals surface area contributed by atoms with Crippen LogP contribution in [0.2, 0.25) is 0 Å². The number of hydrogen-bond acceptors (Lipinski definition) is 4. The zero-order chi connectivity index (χ0) is 14.7. The number of aryl methyl sites for hydroxylation is 1. The molecule has 106 valence electrons. The van der Waals surface area contributed by atoms with E-state index < -0.39 is 0 Å². The number of nitrogens with two attached hydrogens (primary N) is 1. The summed E-state index contributed by atoms with van der Waals surface area (Å²) in [5.41, 5.74) is 9.65. The van der Waals surface area contributed by atoms with Crippen LogP contribution in [0.5, 0.6) is 0 Å². The van der Waals surface area contributed by atoms with Crippen LogP contribution in [0.4, 0.5) is 5.69 Å². The molecule has 0 aliphatic rings. The summed E-state index contributed by atoms with van der Waals surface area (Å²) in [5, 5.41) is 4.38. The van der Waals surface area contributed by atoms with Gasteiger partial charge in [-0.3, -0.25) is 0 Å². The molecule has 5 nitrogen and oxygen atoms in total. The quantitative estimate of drug-likeness (QED) is 0.745. The number of aromatic nitrogens is 4. The summed E-state index contributed by atoms with van der Waals surface area (Å²) in [7, 11) is 0. The molecule has 0 atom stereocenters. The summed E-state index contributed by atoms with van der Waals surface area (Å²) in [6.07, 6.45) is 7.36. The molecular formula is C16H17N5. The minimum Gasteiger partial charge on any atom is -0.399 e. The summed E-state index contributed by atoms with van der Waals surface area (Å²) in [5.74, 6) is 0.781. The van der Waals surface area contributed by atoms with E-state index in [0.717, 1.165) is 41.2 Å². The summed E-state index contributed by atoms with van der Waals surface area (Å²) < 4.78 is 1.76. The first-order valence-electron chi connectivity index (χ1n) is 6.98. The minimum absolute atomic E-state index is 0.743. The molecule has 0 saturated heterocycles. The molecule has 5 heteroatoms. The van der Waals surface area contributed by atoms with E-state index in [9.17, 15) is 0 Å². The van der Waals surface area contributed by atoms with Crippen molar-refractivity contribution in [1.29, 1.82) is 0 Å². The Bertz CT molecular complexity index is 748. The average molecular weight is 279 g/mol. The molecule has 0 aliphatic heterocycles. The molecule has 0 unspecified atom stereocenters. The molecule has 3 rings (SSSR count).